The van der Waals surface area contributed by atoms with Crippen LogP contribution in [0.25, 0.3) is 0 Å². The highest BCUT2D eigenvalue weighted by Gasteiger charge is 2.24. The summed E-state index contributed by atoms with van der Waals surface area (Å²) in [6, 6.07) is 2.35. The molecule has 3 N–H and O–H groups in total. The molecule has 0 amide bonds. The van der Waals surface area contributed by atoms with Crippen molar-refractivity contribution in [1.29, 1.82) is 0 Å². The number of nitrogens with one attached hydrogen (secondary N) is 1. The van der Waals surface area contributed by atoms with Crippen molar-refractivity contribution >= 4 is 0 Å². The Morgan fingerprint density at radius 3 is 2.79 bits per heavy atom. The number of rotatable bonds is 1. The summed E-state index contributed by atoms with van der Waals surface area (Å²) in [6.07, 6.45) is 0.786. The SMILES string of the molecule is Oc1ccc(F)c(C2CCNC2)c1O. The lowest BCUT2D eigenvalue weighted by atomic mass is 9.96. The molecule has 0 bridgehead atoms. The minimum absolute atomic E-state index is 0.0397. The third-order valence-electron chi connectivity index (χ3n) is 2.61. The second kappa shape index (κ2) is 3.46. The number of benzene rings is 1. The van der Waals surface area contributed by atoms with Crippen molar-refractivity contribution < 1.29 is 14.6 Å². The first-order valence-corrected chi connectivity index (χ1v) is 4.61. The molecule has 2 rings (SSSR count). The van der Waals surface area contributed by atoms with Crippen LogP contribution in [0, 0.1) is 5.82 Å². The van der Waals surface area contributed by atoms with Crippen molar-refractivity contribution in [3.8, 4) is 11.5 Å². The maximum Gasteiger partial charge on any atom is 0.163 e. The monoisotopic (exact) mass is 197 g/mol. The molecule has 1 aliphatic heterocycles. The van der Waals surface area contributed by atoms with Crippen LogP contribution in [-0.2, 0) is 0 Å². The van der Waals surface area contributed by atoms with E-state index in [0.717, 1.165) is 19.0 Å². The average molecular weight is 197 g/mol. The van der Waals surface area contributed by atoms with Crippen LogP contribution in [0.5, 0.6) is 11.5 Å². The molecule has 1 heterocycles. The maximum absolute atomic E-state index is 13.4. The van der Waals surface area contributed by atoms with E-state index in [1.807, 2.05) is 0 Å². The van der Waals surface area contributed by atoms with E-state index < -0.39 is 5.82 Å². The van der Waals surface area contributed by atoms with E-state index in [2.05, 4.69) is 5.32 Å². The fourth-order valence-corrected chi connectivity index (χ4v) is 1.86. The summed E-state index contributed by atoms with van der Waals surface area (Å²) in [5, 5.41) is 21.9. The second-order valence-corrected chi connectivity index (χ2v) is 3.52. The zero-order valence-electron chi connectivity index (χ0n) is 7.63. The largest absolute Gasteiger partial charge is 0.504 e. The maximum atomic E-state index is 13.4. The Balaban J connectivity index is 2.44. The molecule has 1 aliphatic rings. The van der Waals surface area contributed by atoms with Crippen molar-refractivity contribution in [1.82, 2.24) is 5.32 Å². The first-order chi connectivity index (χ1) is 6.70. The number of phenolic OH excluding ortho intramolecular Hbond substituents is 2. The molecule has 0 spiro atoms. The van der Waals surface area contributed by atoms with E-state index in [-0.39, 0.29) is 23.0 Å². The van der Waals surface area contributed by atoms with Crippen LogP contribution in [0.1, 0.15) is 17.9 Å². The Morgan fingerprint density at radius 2 is 2.14 bits per heavy atom. The van der Waals surface area contributed by atoms with Gasteiger partial charge in [-0.3, -0.25) is 0 Å². The summed E-state index contributed by atoms with van der Waals surface area (Å²) < 4.78 is 13.4. The molecule has 3 nitrogen and oxygen atoms in total. The van der Waals surface area contributed by atoms with Crippen LogP contribution < -0.4 is 5.32 Å². The van der Waals surface area contributed by atoms with E-state index in [1.54, 1.807) is 0 Å². The summed E-state index contributed by atoms with van der Waals surface area (Å²) >= 11 is 0. The van der Waals surface area contributed by atoms with Gasteiger partial charge in [0.05, 0.1) is 0 Å². The Labute approximate surface area is 81.2 Å². The smallest absolute Gasteiger partial charge is 0.163 e. The lowest BCUT2D eigenvalue weighted by molar-refractivity contribution is 0.390. The van der Waals surface area contributed by atoms with Crippen molar-refractivity contribution in [3.63, 3.8) is 0 Å². The van der Waals surface area contributed by atoms with Crippen LogP contribution in [-0.4, -0.2) is 23.3 Å². The van der Waals surface area contributed by atoms with Gasteiger partial charge >= 0.3 is 0 Å². The van der Waals surface area contributed by atoms with Gasteiger partial charge in [0.25, 0.3) is 0 Å². The standard InChI is InChI=1S/C10H12FNO2/c11-7-1-2-8(13)10(14)9(7)6-3-4-12-5-6/h1-2,6,12-14H,3-5H2. The summed E-state index contributed by atoms with van der Waals surface area (Å²) in [4.78, 5) is 0. The van der Waals surface area contributed by atoms with E-state index >= 15 is 0 Å². The van der Waals surface area contributed by atoms with Gasteiger partial charge in [0.15, 0.2) is 11.5 Å². The van der Waals surface area contributed by atoms with Crippen LogP contribution in [0.4, 0.5) is 4.39 Å². The van der Waals surface area contributed by atoms with Gasteiger partial charge in [-0.25, -0.2) is 4.39 Å². The molecule has 1 atom stereocenters. The second-order valence-electron chi connectivity index (χ2n) is 3.52. The van der Waals surface area contributed by atoms with Crippen molar-refractivity contribution in [2.45, 2.75) is 12.3 Å². The van der Waals surface area contributed by atoms with E-state index in [0.29, 0.717) is 6.54 Å². The van der Waals surface area contributed by atoms with Gasteiger partial charge in [0.1, 0.15) is 5.82 Å². The number of aromatic hydroxyl groups is 2. The van der Waals surface area contributed by atoms with E-state index in [4.69, 9.17) is 0 Å². The highest BCUT2D eigenvalue weighted by molar-refractivity contribution is 5.47. The molecule has 4 heteroatoms. The van der Waals surface area contributed by atoms with Crippen LogP contribution >= 0.6 is 0 Å². The predicted octanol–water partition coefficient (Wildman–Crippen LogP) is 1.31. The summed E-state index contributed by atoms with van der Waals surface area (Å²) in [6.45, 7) is 1.47. The van der Waals surface area contributed by atoms with Gasteiger partial charge in [-0.2, -0.15) is 0 Å². The molecule has 1 fully saturated rings. The van der Waals surface area contributed by atoms with Gasteiger partial charge in [0, 0.05) is 18.0 Å². The molecule has 1 saturated heterocycles. The molecule has 0 aromatic heterocycles. The van der Waals surface area contributed by atoms with Crippen molar-refractivity contribution in [3.05, 3.63) is 23.5 Å². The molecule has 0 radical (unpaired) electrons. The summed E-state index contributed by atoms with van der Waals surface area (Å²) in [7, 11) is 0. The quantitative estimate of drug-likeness (QED) is 0.595. The zero-order chi connectivity index (χ0) is 10.1. The topological polar surface area (TPSA) is 52.5 Å². The average Bonchev–Trinajstić information content (AvgIpc) is 2.65. The van der Waals surface area contributed by atoms with Crippen LogP contribution in [0.2, 0.25) is 0 Å². The molecule has 1 aromatic carbocycles. The lowest BCUT2D eigenvalue weighted by Crippen LogP contribution is -2.09. The van der Waals surface area contributed by atoms with Gasteiger partial charge in [0.2, 0.25) is 0 Å². The van der Waals surface area contributed by atoms with Gasteiger partial charge in [-0.15, -0.1) is 0 Å². The molecular weight excluding hydrogens is 185 g/mol. The van der Waals surface area contributed by atoms with E-state index in [1.165, 1.54) is 6.07 Å². The van der Waals surface area contributed by atoms with Crippen LogP contribution in [0.15, 0.2) is 12.1 Å². The first-order valence-electron chi connectivity index (χ1n) is 4.61. The molecule has 0 aliphatic carbocycles. The van der Waals surface area contributed by atoms with Crippen molar-refractivity contribution in [2.75, 3.05) is 13.1 Å². The van der Waals surface area contributed by atoms with Crippen LogP contribution in [0.3, 0.4) is 0 Å². The molecule has 1 aromatic rings. The fraction of sp³-hybridized carbons (Fsp3) is 0.400. The van der Waals surface area contributed by atoms with E-state index in [9.17, 15) is 14.6 Å². The van der Waals surface area contributed by atoms with Gasteiger partial charge in [-0.1, -0.05) is 0 Å². The Hall–Kier alpha value is -1.29. The molecule has 1 unspecified atom stereocenters. The third kappa shape index (κ3) is 1.42. The fourth-order valence-electron chi connectivity index (χ4n) is 1.86. The highest BCUT2D eigenvalue weighted by Crippen LogP contribution is 2.37. The van der Waals surface area contributed by atoms with Crippen molar-refractivity contribution in [2.24, 2.45) is 0 Å². The normalized spacial score (nSPS) is 21.4. The Bertz CT molecular complexity index is 348. The number of phenols is 2. The van der Waals surface area contributed by atoms with Gasteiger partial charge < -0.3 is 15.5 Å². The molecule has 76 valence electrons. The number of halogens is 1. The molecular formula is C10H12FNO2. The summed E-state index contributed by atoms with van der Waals surface area (Å²) in [5.41, 5.74) is 0.231. The number of hydrogen-bond donors (Lipinski definition) is 3. The molecule has 14 heavy (non-hydrogen) atoms. The summed E-state index contributed by atoms with van der Waals surface area (Å²) in [5.74, 6) is -1.07. The highest BCUT2D eigenvalue weighted by atomic mass is 19.1. The predicted molar refractivity (Wildman–Crippen MR) is 50.0 cm³/mol. The first kappa shape index (κ1) is 9.27. The Morgan fingerprint density at radius 1 is 1.36 bits per heavy atom. The third-order valence-corrected chi connectivity index (χ3v) is 2.61. The Kier molecular flexibility index (Phi) is 2.29. The number of hydrogen-bond acceptors (Lipinski definition) is 3. The lowest BCUT2D eigenvalue weighted by Gasteiger charge is -2.12. The molecule has 0 saturated carbocycles. The minimum atomic E-state index is -0.450. The zero-order valence-corrected chi connectivity index (χ0v) is 7.63. The minimum Gasteiger partial charge on any atom is -0.504 e. The van der Waals surface area contributed by atoms with Gasteiger partial charge in [-0.05, 0) is 25.1 Å².